The number of aromatic nitrogens is 1. The van der Waals surface area contributed by atoms with Gasteiger partial charge in [-0.2, -0.15) is 0 Å². The minimum Gasteiger partial charge on any atom is -0.362 e. The third kappa shape index (κ3) is 3.11. The van der Waals surface area contributed by atoms with Crippen molar-refractivity contribution < 1.29 is 9.63 Å². The first kappa shape index (κ1) is 14.8. The zero-order valence-corrected chi connectivity index (χ0v) is 12.7. The van der Waals surface area contributed by atoms with Crippen molar-refractivity contribution in [2.24, 2.45) is 5.16 Å². The lowest BCUT2D eigenvalue weighted by molar-refractivity contribution is -0.143. The molecule has 1 aromatic rings. The van der Waals surface area contributed by atoms with Gasteiger partial charge in [-0.1, -0.05) is 25.4 Å². The van der Waals surface area contributed by atoms with E-state index in [-0.39, 0.29) is 5.97 Å². The largest absolute Gasteiger partial charge is 0.362 e. The number of fused-ring (bicyclic) bond motifs is 1. The highest BCUT2D eigenvalue weighted by Gasteiger charge is 2.23. The molecular formula is C16H24N2O2. The van der Waals surface area contributed by atoms with E-state index in [0.717, 1.165) is 44.2 Å². The molecule has 0 spiro atoms. The van der Waals surface area contributed by atoms with Crippen LogP contribution in [-0.2, 0) is 22.5 Å². The molecular weight excluding hydrogens is 252 g/mol. The quantitative estimate of drug-likeness (QED) is 0.659. The second kappa shape index (κ2) is 6.73. The lowest BCUT2D eigenvalue weighted by atomic mass is 9.92. The van der Waals surface area contributed by atoms with Gasteiger partial charge in [0.1, 0.15) is 0 Å². The van der Waals surface area contributed by atoms with Crippen LogP contribution in [-0.4, -0.2) is 16.7 Å². The van der Waals surface area contributed by atoms with Crippen molar-refractivity contribution >= 4 is 11.7 Å². The van der Waals surface area contributed by atoms with Gasteiger partial charge >= 0.3 is 5.97 Å². The first-order valence-electron chi connectivity index (χ1n) is 7.64. The SMILES string of the molecule is CCCCC(=O)ON=C1CCCc2[nH]c(C)c(CC)c21. The van der Waals surface area contributed by atoms with Crippen LogP contribution in [0.2, 0.25) is 0 Å². The molecule has 4 heteroatoms. The molecule has 1 aromatic heterocycles. The van der Waals surface area contributed by atoms with E-state index in [0.29, 0.717) is 6.42 Å². The van der Waals surface area contributed by atoms with Crippen LogP contribution in [0.3, 0.4) is 0 Å². The van der Waals surface area contributed by atoms with Crippen LogP contribution in [0, 0.1) is 6.92 Å². The Morgan fingerprint density at radius 2 is 2.15 bits per heavy atom. The number of rotatable bonds is 5. The van der Waals surface area contributed by atoms with E-state index in [1.54, 1.807) is 0 Å². The van der Waals surface area contributed by atoms with Gasteiger partial charge < -0.3 is 9.82 Å². The molecule has 20 heavy (non-hydrogen) atoms. The standard InChI is InChI=1S/C16H24N2O2/c1-4-6-10-15(19)20-18-14-9-7-8-13-16(14)12(5-2)11(3)17-13/h17H,4-10H2,1-3H3. The van der Waals surface area contributed by atoms with E-state index in [2.05, 4.69) is 30.9 Å². The van der Waals surface area contributed by atoms with Crippen molar-refractivity contribution in [3.63, 3.8) is 0 Å². The first-order chi connectivity index (χ1) is 9.67. The second-order valence-electron chi connectivity index (χ2n) is 5.39. The van der Waals surface area contributed by atoms with Crippen molar-refractivity contribution in [1.29, 1.82) is 0 Å². The Labute approximate surface area is 120 Å². The zero-order chi connectivity index (χ0) is 14.5. The summed E-state index contributed by atoms with van der Waals surface area (Å²) < 4.78 is 0. The van der Waals surface area contributed by atoms with Crippen molar-refractivity contribution in [1.82, 2.24) is 4.98 Å². The van der Waals surface area contributed by atoms with Crippen molar-refractivity contribution in [3.05, 3.63) is 22.5 Å². The monoisotopic (exact) mass is 276 g/mol. The van der Waals surface area contributed by atoms with Gasteiger partial charge in [-0.3, -0.25) is 0 Å². The molecule has 0 saturated heterocycles. The van der Waals surface area contributed by atoms with Crippen molar-refractivity contribution in [2.75, 3.05) is 0 Å². The summed E-state index contributed by atoms with van der Waals surface area (Å²) in [6.45, 7) is 6.31. The number of hydrogen-bond acceptors (Lipinski definition) is 3. The fourth-order valence-corrected chi connectivity index (χ4v) is 2.83. The maximum Gasteiger partial charge on any atom is 0.335 e. The third-order valence-electron chi connectivity index (χ3n) is 3.87. The van der Waals surface area contributed by atoms with Gasteiger partial charge in [0.15, 0.2) is 0 Å². The molecule has 0 saturated carbocycles. The number of aryl methyl sites for hydroxylation is 2. The Balaban J connectivity index is 2.17. The number of nitrogens with one attached hydrogen (secondary N) is 1. The van der Waals surface area contributed by atoms with E-state index in [9.17, 15) is 4.79 Å². The summed E-state index contributed by atoms with van der Waals surface area (Å²) in [6.07, 6.45) is 6.28. The molecule has 4 nitrogen and oxygen atoms in total. The summed E-state index contributed by atoms with van der Waals surface area (Å²) in [5, 5.41) is 4.15. The number of unbranched alkanes of at least 4 members (excludes halogenated alkanes) is 1. The molecule has 1 heterocycles. The highest BCUT2D eigenvalue weighted by atomic mass is 16.7. The Kier molecular flexibility index (Phi) is 4.99. The molecule has 0 unspecified atom stereocenters. The van der Waals surface area contributed by atoms with E-state index >= 15 is 0 Å². The van der Waals surface area contributed by atoms with Gasteiger partial charge in [0, 0.05) is 23.4 Å². The number of carbonyl (C=O) groups excluding carboxylic acids is 1. The number of H-pyrrole nitrogens is 1. The summed E-state index contributed by atoms with van der Waals surface area (Å²) in [6, 6.07) is 0. The predicted octanol–water partition coefficient (Wildman–Crippen LogP) is 3.66. The van der Waals surface area contributed by atoms with Crippen LogP contribution in [0.1, 0.15) is 68.5 Å². The minimum absolute atomic E-state index is 0.225. The third-order valence-corrected chi connectivity index (χ3v) is 3.87. The summed E-state index contributed by atoms with van der Waals surface area (Å²) in [7, 11) is 0. The van der Waals surface area contributed by atoms with E-state index in [4.69, 9.17) is 4.84 Å². The molecule has 1 N–H and O–H groups in total. The second-order valence-corrected chi connectivity index (χ2v) is 5.39. The number of oxime groups is 1. The van der Waals surface area contributed by atoms with E-state index < -0.39 is 0 Å². The summed E-state index contributed by atoms with van der Waals surface area (Å²) in [5.41, 5.74) is 5.89. The molecule has 0 atom stereocenters. The number of nitrogens with zero attached hydrogens (tertiary/aromatic N) is 1. The zero-order valence-electron chi connectivity index (χ0n) is 12.7. The van der Waals surface area contributed by atoms with Crippen LogP contribution in [0.25, 0.3) is 0 Å². The molecule has 0 fully saturated rings. The van der Waals surface area contributed by atoms with E-state index in [1.807, 2.05) is 0 Å². The average Bonchev–Trinajstić information content (AvgIpc) is 2.78. The number of carbonyl (C=O) groups is 1. The highest BCUT2D eigenvalue weighted by Crippen LogP contribution is 2.27. The molecule has 1 aliphatic rings. The lowest BCUT2D eigenvalue weighted by Crippen LogP contribution is -2.14. The molecule has 0 radical (unpaired) electrons. The highest BCUT2D eigenvalue weighted by molar-refractivity contribution is 6.04. The van der Waals surface area contributed by atoms with Crippen LogP contribution >= 0.6 is 0 Å². The predicted molar refractivity (Wildman–Crippen MR) is 80.0 cm³/mol. The molecule has 2 rings (SSSR count). The van der Waals surface area contributed by atoms with Gasteiger partial charge in [-0.25, -0.2) is 4.79 Å². The molecule has 0 amide bonds. The molecule has 1 aliphatic carbocycles. The summed E-state index contributed by atoms with van der Waals surface area (Å²) in [4.78, 5) is 20.1. The van der Waals surface area contributed by atoms with Crippen LogP contribution in [0.15, 0.2) is 5.16 Å². The Bertz CT molecular complexity index is 515. The van der Waals surface area contributed by atoms with Crippen LogP contribution < -0.4 is 0 Å². The van der Waals surface area contributed by atoms with Gasteiger partial charge in [-0.15, -0.1) is 0 Å². The molecule has 0 aromatic carbocycles. The summed E-state index contributed by atoms with van der Waals surface area (Å²) in [5.74, 6) is -0.225. The smallest absolute Gasteiger partial charge is 0.335 e. The fraction of sp³-hybridized carbons (Fsp3) is 0.625. The Morgan fingerprint density at radius 1 is 1.35 bits per heavy atom. The van der Waals surface area contributed by atoms with Crippen molar-refractivity contribution in [3.8, 4) is 0 Å². The Morgan fingerprint density at radius 3 is 2.85 bits per heavy atom. The maximum atomic E-state index is 11.6. The lowest BCUT2D eigenvalue weighted by Gasteiger charge is -2.14. The van der Waals surface area contributed by atoms with Gasteiger partial charge in [0.25, 0.3) is 0 Å². The normalized spacial score (nSPS) is 16.2. The van der Waals surface area contributed by atoms with Crippen LogP contribution in [0.4, 0.5) is 0 Å². The maximum absolute atomic E-state index is 11.6. The minimum atomic E-state index is -0.225. The Hall–Kier alpha value is -1.58. The van der Waals surface area contributed by atoms with Gasteiger partial charge in [-0.05, 0) is 44.6 Å². The topological polar surface area (TPSA) is 54.4 Å². The molecule has 0 aliphatic heterocycles. The average molecular weight is 276 g/mol. The molecule has 0 bridgehead atoms. The van der Waals surface area contributed by atoms with Gasteiger partial charge in [0.05, 0.1) is 5.71 Å². The molecule has 110 valence electrons. The fourth-order valence-electron chi connectivity index (χ4n) is 2.83. The number of hydrogen-bond donors (Lipinski definition) is 1. The summed E-state index contributed by atoms with van der Waals surface area (Å²) >= 11 is 0. The van der Waals surface area contributed by atoms with E-state index in [1.165, 1.54) is 22.5 Å². The van der Waals surface area contributed by atoms with Crippen molar-refractivity contribution in [2.45, 2.75) is 65.7 Å². The first-order valence-corrected chi connectivity index (χ1v) is 7.64. The van der Waals surface area contributed by atoms with Crippen LogP contribution in [0.5, 0.6) is 0 Å². The van der Waals surface area contributed by atoms with Gasteiger partial charge in [0.2, 0.25) is 0 Å². The number of aromatic amines is 1.